The number of amidine groups is 1. The molecule has 112 valence electrons. The molecule has 0 spiro atoms. The molecule has 0 atom stereocenters. The van der Waals surface area contributed by atoms with Crippen molar-refractivity contribution in [2.24, 2.45) is 5.10 Å². The Bertz CT molecular complexity index is 712. The first-order chi connectivity index (χ1) is 9.87. The molecular formula is C12H12ClN3O3S2. The maximum absolute atomic E-state index is 12.1. The van der Waals surface area contributed by atoms with Crippen LogP contribution in [-0.4, -0.2) is 25.2 Å². The summed E-state index contributed by atoms with van der Waals surface area (Å²) in [7, 11) is -3.58. The molecule has 1 aliphatic heterocycles. The normalized spacial score (nSPS) is 17.9. The van der Waals surface area contributed by atoms with Crippen LogP contribution in [0.25, 0.3) is 0 Å². The highest BCUT2D eigenvalue weighted by Gasteiger charge is 2.16. The number of carbonyl (C=O) groups excluding carboxylic acids is 1. The summed E-state index contributed by atoms with van der Waals surface area (Å²) in [5.41, 5.74) is 2.92. The summed E-state index contributed by atoms with van der Waals surface area (Å²) in [6, 6.07) is 5.88. The number of allylic oxidation sites excluding steroid dienone is 1. The van der Waals surface area contributed by atoms with Crippen molar-refractivity contribution in [1.29, 1.82) is 0 Å². The second kappa shape index (κ2) is 6.50. The van der Waals surface area contributed by atoms with Crippen LogP contribution in [0.2, 0.25) is 5.02 Å². The molecule has 0 aromatic heterocycles. The van der Waals surface area contributed by atoms with Crippen LogP contribution in [0.15, 0.2) is 45.4 Å². The molecule has 1 heterocycles. The number of halogens is 1. The van der Waals surface area contributed by atoms with Crippen molar-refractivity contribution < 1.29 is 13.2 Å². The van der Waals surface area contributed by atoms with Gasteiger partial charge >= 0.3 is 0 Å². The van der Waals surface area contributed by atoms with E-state index in [2.05, 4.69) is 15.8 Å². The van der Waals surface area contributed by atoms with Gasteiger partial charge in [-0.2, -0.15) is 5.10 Å². The summed E-state index contributed by atoms with van der Waals surface area (Å²) >= 11 is 6.97. The fraction of sp³-hybridized carbons (Fsp3) is 0.167. The van der Waals surface area contributed by atoms with Gasteiger partial charge in [0, 0.05) is 10.7 Å². The number of hydrogen-bond acceptors (Lipinski definition) is 6. The molecule has 1 aromatic rings. The van der Waals surface area contributed by atoms with Crippen LogP contribution in [0.3, 0.4) is 0 Å². The minimum atomic E-state index is -3.58. The van der Waals surface area contributed by atoms with Crippen molar-refractivity contribution in [3.8, 4) is 0 Å². The monoisotopic (exact) mass is 345 g/mol. The summed E-state index contributed by atoms with van der Waals surface area (Å²) in [6.45, 7) is 1.57. The lowest BCUT2D eigenvalue weighted by atomic mass is 10.4. The van der Waals surface area contributed by atoms with Crippen LogP contribution in [-0.2, 0) is 14.6 Å². The summed E-state index contributed by atoms with van der Waals surface area (Å²) < 4.78 is 24.2. The minimum absolute atomic E-state index is 0.129. The average Bonchev–Trinajstić information content (AvgIpc) is 2.82. The first-order valence-corrected chi connectivity index (χ1v) is 8.73. The fourth-order valence-corrected chi connectivity index (χ4v) is 3.41. The largest absolute Gasteiger partial charge is 0.303 e. The molecule has 0 unspecified atom stereocenters. The molecule has 21 heavy (non-hydrogen) atoms. The molecule has 2 rings (SSSR count). The van der Waals surface area contributed by atoms with Gasteiger partial charge < -0.3 is 5.32 Å². The highest BCUT2D eigenvalue weighted by molar-refractivity contribution is 8.15. The second-order valence-electron chi connectivity index (χ2n) is 4.17. The molecule has 1 aliphatic rings. The summed E-state index contributed by atoms with van der Waals surface area (Å²) in [5.74, 6) is 0.183. The van der Waals surface area contributed by atoms with E-state index in [1.807, 2.05) is 0 Å². The van der Waals surface area contributed by atoms with Crippen molar-refractivity contribution in [1.82, 2.24) is 10.7 Å². The van der Waals surface area contributed by atoms with Gasteiger partial charge in [-0.05, 0) is 31.2 Å². The maximum Gasteiger partial charge on any atom is 0.236 e. The first kappa shape index (κ1) is 15.9. The Morgan fingerprint density at radius 3 is 2.67 bits per heavy atom. The van der Waals surface area contributed by atoms with Gasteiger partial charge in [0.2, 0.25) is 15.7 Å². The Balaban J connectivity index is 2.10. The number of nitrogens with one attached hydrogen (secondary N) is 2. The third kappa shape index (κ3) is 4.48. The van der Waals surface area contributed by atoms with Gasteiger partial charge in [-0.25, -0.2) is 8.42 Å². The number of nitrogens with zero attached hydrogens (tertiary/aromatic N) is 1. The van der Waals surface area contributed by atoms with Crippen LogP contribution in [0.5, 0.6) is 0 Å². The zero-order chi connectivity index (χ0) is 15.5. The highest BCUT2D eigenvalue weighted by atomic mass is 35.5. The van der Waals surface area contributed by atoms with E-state index < -0.39 is 9.84 Å². The number of rotatable bonds is 4. The Morgan fingerprint density at radius 2 is 2.10 bits per heavy atom. The van der Waals surface area contributed by atoms with Crippen LogP contribution in [0, 0.1) is 0 Å². The predicted octanol–water partition coefficient (Wildman–Crippen LogP) is 1.70. The van der Waals surface area contributed by atoms with Gasteiger partial charge in [0.1, 0.15) is 0 Å². The van der Waals surface area contributed by atoms with Crippen LogP contribution >= 0.6 is 23.4 Å². The molecule has 6 nitrogen and oxygen atoms in total. The lowest BCUT2D eigenvalue weighted by molar-refractivity contribution is -0.116. The van der Waals surface area contributed by atoms with E-state index in [9.17, 15) is 13.2 Å². The quantitative estimate of drug-likeness (QED) is 0.811. The van der Waals surface area contributed by atoms with Gasteiger partial charge in [-0.3, -0.25) is 10.2 Å². The number of hydrazone groups is 1. The number of sulfone groups is 1. The number of benzene rings is 1. The number of carbonyl (C=O) groups is 1. The van der Waals surface area contributed by atoms with Gasteiger partial charge in [-0.1, -0.05) is 23.4 Å². The Morgan fingerprint density at radius 1 is 1.43 bits per heavy atom. The molecular weight excluding hydrogens is 334 g/mol. The SMILES string of the molecule is CC(=CS(=O)(=O)c1ccc(Cl)cc1)N/N=C1/NC(=O)CS1. The molecule has 1 aromatic carbocycles. The van der Waals surface area contributed by atoms with Crippen molar-refractivity contribution >= 4 is 44.3 Å². The van der Waals surface area contributed by atoms with Crippen molar-refractivity contribution in [2.75, 3.05) is 5.75 Å². The number of thioether (sulfide) groups is 1. The molecule has 9 heteroatoms. The molecule has 0 saturated carbocycles. The van der Waals surface area contributed by atoms with E-state index in [1.165, 1.54) is 36.0 Å². The van der Waals surface area contributed by atoms with Gasteiger partial charge in [0.05, 0.1) is 16.1 Å². The minimum Gasteiger partial charge on any atom is -0.303 e. The maximum atomic E-state index is 12.1. The van der Waals surface area contributed by atoms with Gasteiger partial charge in [0.25, 0.3) is 0 Å². The van der Waals surface area contributed by atoms with E-state index in [0.29, 0.717) is 21.6 Å². The molecule has 2 N–H and O–H groups in total. The molecule has 0 aliphatic carbocycles. The van der Waals surface area contributed by atoms with Crippen LogP contribution in [0.4, 0.5) is 0 Å². The zero-order valence-electron chi connectivity index (χ0n) is 11.0. The Hall–Kier alpha value is -1.51. The topological polar surface area (TPSA) is 87.6 Å². The second-order valence-corrected chi connectivity index (χ2v) is 7.36. The van der Waals surface area contributed by atoms with E-state index in [-0.39, 0.29) is 10.8 Å². The van der Waals surface area contributed by atoms with E-state index in [0.717, 1.165) is 5.41 Å². The molecule has 0 radical (unpaired) electrons. The van der Waals surface area contributed by atoms with Crippen LogP contribution < -0.4 is 10.7 Å². The fourth-order valence-electron chi connectivity index (χ4n) is 1.48. The summed E-state index contributed by atoms with van der Waals surface area (Å²) in [5, 5.41) is 8.39. The van der Waals surface area contributed by atoms with Crippen molar-refractivity contribution in [2.45, 2.75) is 11.8 Å². The van der Waals surface area contributed by atoms with Gasteiger partial charge in [0.15, 0.2) is 5.17 Å². The molecule has 0 bridgehead atoms. The lowest BCUT2D eigenvalue weighted by Crippen LogP contribution is -2.22. The average molecular weight is 346 g/mol. The number of amides is 1. The molecule has 1 saturated heterocycles. The Labute approximate surface area is 131 Å². The summed E-state index contributed by atoms with van der Waals surface area (Å²) in [4.78, 5) is 11.1. The standard InChI is InChI=1S/C12H12ClN3O3S2/c1-8(15-16-12-14-11(17)6-20-12)7-21(18,19)10-4-2-9(13)3-5-10/h2-5,7,15H,6H2,1H3,(H,14,16,17). The lowest BCUT2D eigenvalue weighted by Gasteiger charge is -2.03. The van der Waals surface area contributed by atoms with Gasteiger partial charge in [-0.15, -0.1) is 0 Å². The summed E-state index contributed by atoms with van der Waals surface area (Å²) in [6.07, 6.45) is 0. The van der Waals surface area contributed by atoms with E-state index in [4.69, 9.17) is 11.6 Å². The molecule has 1 amide bonds. The Kier molecular flexibility index (Phi) is 4.92. The molecule has 1 fully saturated rings. The third-order valence-corrected chi connectivity index (χ3v) is 5.11. The smallest absolute Gasteiger partial charge is 0.236 e. The zero-order valence-corrected chi connectivity index (χ0v) is 13.3. The first-order valence-electron chi connectivity index (χ1n) is 5.82. The van der Waals surface area contributed by atoms with E-state index in [1.54, 1.807) is 6.92 Å². The highest BCUT2D eigenvalue weighted by Crippen LogP contribution is 2.17. The third-order valence-electron chi connectivity index (χ3n) is 2.39. The van der Waals surface area contributed by atoms with Crippen molar-refractivity contribution in [3.63, 3.8) is 0 Å². The van der Waals surface area contributed by atoms with Crippen LogP contribution in [0.1, 0.15) is 6.92 Å². The van der Waals surface area contributed by atoms with Crippen molar-refractivity contribution in [3.05, 3.63) is 40.4 Å². The predicted molar refractivity (Wildman–Crippen MR) is 83.6 cm³/mol. The number of hydrogen-bond donors (Lipinski definition) is 2. The van der Waals surface area contributed by atoms with E-state index >= 15 is 0 Å².